The van der Waals surface area contributed by atoms with E-state index in [0.29, 0.717) is 45.5 Å². The van der Waals surface area contributed by atoms with E-state index in [-0.39, 0.29) is 47.3 Å². The number of carbonyl (C=O) groups excluding carboxylic acids is 2. The molecule has 7 rings (SSSR count). The Morgan fingerprint density at radius 3 is 2.51 bits per heavy atom. The Labute approximate surface area is 300 Å². The standard InChI is InChI=1S/C36H42Cl2F2N6O2S/c1-19(2)12-24-16-42-36(10-11-36)18-45(24)32(47)27-14-23(39)17-44(27)33(48)30-29(20(3)4)46-31(21-6-8-25(37)26(40)13-21)35(5,43-34(46)49-30)22-7-9-28(38)41-15-22/h6-9,13,15,19-20,23-24,27,31,42H,10-12,14,16-18H2,1-5H3/t23-,24-,27-,31-,35+/m1/s1. The largest absolute Gasteiger partial charge is 0.335 e. The van der Waals surface area contributed by atoms with Crippen LogP contribution in [0.25, 0.3) is 0 Å². The maximum Gasteiger partial charge on any atom is 0.263 e. The summed E-state index contributed by atoms with van der Waals surface area (Å²) in [6.07, 6.45) is 3.18. The summed E-state index contributed by atoms with van der Waals surface area (Å²) in [6, 6.07) is 6.78. The minimum absolute atomic E-state index is 0.00212. The van der Waals surface area contributed by atoms with E-state index in [1.165, 1.54) is 28.8 Å². The molecule has 1 spiro atoms. The number of alkyl halides is 1. The Kier molecular flexibility index (Phi) is 9.06. The highest BCUT2D eigenvalue weighted by Crippen LogP contribution is 2.56. The second kappa shape index (κ2) is 12.8. The zero-order valence-corrected chi connectivity index (χ0v) is 30.7. The molecule has 0 radical (unpaired) electrons. The number of carbonyl (C=O) groups is 2. The number of likely N-dealkylation sites (tertiary alicyclic amines) is 1. The fourth-order valence-corrected chi connectivity index (χ4v) is 9.60. The Morgan fingerprint density at radius 1 is 1.12 bits per heavy atom. The second-order valence-corrected chi connectivity index (χ2v) is 16.8. The second-order valence-electron chi connectivity index (χ2n) is 15.0. The number of amides is 2. The van der Waals surface area contributed by atoms with Crippen molar-refractivity contribution in [3.05, 3.63) is 74.3 Å². The Balaban J connectivity index is 1.25. The fraction of sp³-hybridized carbons (Fsp3) is 0.556. The van der Waals surface area contributed by atoms with Crippen LogP contribution in [0.15, 0.2) is 52.1 Å². The average molecular weight is 732 g/mol. The van der Waals surface area contributed by atoms with E-state index < -0.39 is 29.6 Å². The summed E-state index contributed by atoms with van der Waals surface area (Å²) < 4.78 is 30.4. The molecule has 3 fully saturated rings. The molecule has 2 aromatic rings. The first-order valence-corrected chi connectivity index (χ1v) is 18.7. The summed E-state index contributed by atoms with van der Waals surface area (Å²) in [5.74, 6) is -0.897. The summed E-state index contributed by atoms with van der Waals surface area (Å²) >= 11 is 13.5. The van der Waals surface area contributed by atoms with Gasteiger partial charge >= 0.3 is 0 Å². The van der Waals surface area contributed by atoms with Crippen molar-refractivity contribution in [3.63, 3.8) is 0 Å². The van der Waals surface area contributed by atoms with Crippen molar-refractivity contribution in [3.8, 4) is 0 Å². The molecule has 2 amide bonds. The molecule has 5 heterocycles. The van der Waals surface area contributed by atoms with Crippen molar-refractivity contribution in [2.75, 3.05) is 19.6 Å². The van der Waals surface area contributed by atoms with E-state index in [4.69, 9.17) is 28.2 Å². The Bertz CT molecular complexity index is 1730. The van der Waals surface area contributed by atoms with Crippen LogP contribution in [0.3, 0.4) is 0 Å². The number of thioether (sulfide) groups is 1. The van der Waals surface area contributed by atoms with Gasteiger partial charge < -0.3 is 20.0 Å². The number of amidine groups is 1. The monoisotopic (exact) mass is 730 g/mol. The molecule has 1 saturated carbocycles. The van der Waals surface area contributed by atoms with E-state index in [1.54, 1.807) is 18.3 Å². The predicted octanol–water partition coefficient (Wildman–Crippen LogP) is 7.09. The number of allylic oxidation sites excluding steroid dienone is 1. The van der Waals surface area contributed by atoms with Gasteiger partial charge in [-0.25, -0.2) is 18.8 Å². The molecule has 262 valence electrons. The number of nitrogens with zero attached hydrogens (tertiary/aromatic N) is 5. The van der Waals surface area contributed by atoms with Crippen LogP contribution in [0.1, 0.15) is 77.5 Å². The van der Waals surface area contributed by atoms with Gasteiger partial charge in [0.25, 0.3) is 5.91 Å². The van der Waals surface area contributed by atoms with Crippen molar-refractivity contribution in [1.29, 1.82) is 0 Å². The highest BCUT2D eigenvalue weighted by atomic mass is 35.5. The van der Waals surface area contributed by atoms with E-state index in [0.717, 1.165) is 24.8 Å². The average Bonchev–Trinajstić information content (AvgIpc) is 3.37. The van der Waals surface area contributed by atoms with Gasteiger partial charge in [0, 0.05) is 48.5 Å². The van der Waals surface area contributed by atoms with Crippen LogP contribution in [0.4, 0.5) is 8.78 Å². The number of hydrogen-bond acceptors (Lipinski definition) is 7. The van der Waals surface area contributed by atoms with Gasteiger partial charge in [-0.3, -0.25) is 9.59 Å². The number of aliphatic imine (C=N–C) groups is 1. The van der Waals surface area contributed by atoms with Gasteiger partial charge in [-0.2, -0.15) is 0 Å². The van der Waals surface area contributed by atoms with Gasteiger partial charge in [0.1, 0.15) is 33.6 Å². The van der Waals surface area contributed by atoms with Gasteiger partial charge in [-0.1, -0.05) is 63.0 Å². The lowest BCUT2D eigenvalue weighted by molar-refractivity contribution is -0.145. The Morgan fingerprint density at radius 2 is 1.88 bits per heavy atom. The van der Waals surface area contributed by atoms with Gasteiger partial charge in [0.2, 0.25) is 5.91 Å². The number of fused-ring (bicyclic) bond motifs is 1. The van der Waals surface area contributed by atoms with Crippen LogP contribution in [0, 0.1) is 17.7 Å². The van der Waals surface area contributed by atoms with Crippen LogP contribution in [0.2, 0.25) is 10.2 Å². The summed E-state index contributed by atoms with van der Waals surface area (Å²) in [7, 11) is 0. The topological polar surface area (TPSA) is 81.1 Å². The van der Waals surface area contributed by atoms with Crippen LogP contribution >= 0.6 is 35.0 Å². The Hall–Kier alpha value is -2.73. The lowest BCUT2D eigenvalue weighted by Crippen LogP contribution is -2.63. The SMILES string of the molecule is CC(C)C[C@@H]1CNC2(CC2)CN1C(=O)[C@H]1C[C@@H](F)CN1C(=O)C1=C(C(C)C)N2C(=N[C@@](C)(c3ccc(Cl)nc3)[C@H]2c2ccc(Cl)c(F)c2)S1. The first-order valence-electron chi connectivity index (χ1n) is 17.1. The summed E-state index contributed by atoms with van der Waals surface area (Å²) in [4.78, 5) is 44.3. The first kappa shape index (κ1) is 34.7. The lowest BCUT2D eigenvalue weighted by Gasteiger charge is -2.43. The van der Waals surface area contributed by atoms with Gasteiger partial charge in [-0.05, 0) is 73.5 Å². The van der Waals surface area contributed by atoms with Crippen molar-refractivity contribution < 1.29 is 18.4 Å². The van der Waals surface area contributed by atoms with E-state index in [2.05, 4.69) is 24.1 Å². The highest BCUT2D eigenvalue weighted by molar-refractivity contribution is 8.18. The number of nitrogens with one attached hydrogen (secondary N) is 1. The van der Waals surface area contributed by atoms with Crippen LogP contribution < -0.4 is 5.32 Å². The third-order valence-corrected chi connectivity index (χ3v) is 12.2. The molecule has 5 aliphatic rings. The van der Waals surface area contributed by atoms with Crippen LogP contribution in [0.5, 0.6) is 0 Å². The number of piperazine rings is 1. The van der Waals surface area contributed by atoms with Crippen molar-refractivity contribution >= 4 is 51.9 Å². The number of aromatic nitrogens is 1. The maximum absolute atomic E-state index is 15.3. The first-order chi connectivity index (χ1) is 23.2. The third kappa shape index (κ3) is 6.16. The van der Waals surface area contributed by atoms with E-state index in [1.807, 2.05) is 36.6 Å². The van der Waals surface area contributed by atoms with Crippen molar-refractivity contribution in [2.45, 2.75) is 95.7 Å². The zero-order valence-electron chi connectivity index (χ0n) is 28.4. The molecule has 1 N–H and O–H groups in total. The third-order valence-electron chi connectivity index (χ3n) is 10.6. The van der Waals surface area contributed by atoms with Gasteiger partial charge in [-0.15, -0.1) is 0 Å². The number of halogens is 4. The number of pyridine rings is 1. The quantitative estimate of drug-likeness (QED) is 0.307. The molecule has 1 aromatic carbocycles. The molecule has 1 aliphatic carbocycles. The van der Waals surface area contributed by atoms with Crippen molar-refractivity contribution in [1.82, 2.24) is 25.0 Å². The molecule has 2 saturated heterocycles. The maximum atomic E-state index is 15.3. The molecule has 49 heavy (non-hydrogen) atoms. The zero-order chi connectivity index (χ0) is 35.0. The molecular formula is C36H42Cl2F2N6O2S. The van der Waals surface area contributed by atoms with Gasteiger partial charge in [0.15, 0.2) is 5.17 Å². The lowest BCUT2D eigenvalue weighted by atomic mass is 9.81. The molecule has 0 bridgehead atoms. The molecule has 1 aromatic heterocycles. The molecular weight excluding hydrogens is 689 g/mol. The minimum atomic E-state index is -1.31. The highest BCUT2D eigenvalue weighted by Gasteiger charge is 2.56. The number of benzene rings is 1. The van der Waals surface area contributed by atoms with E-state index in [9.17, 15) is 9.59 Å². The number of hydrogen-bond donors (Lipinski definition) is 1. The molecule has 8 nitrogen and oxygen atoms in total. The van der Waals surface area contributed by atoms with Crippen molar-refractivity contribution in [2.24, 2.45) is 16.8 Å². The summed E-state index contributed by atoms with van der Waals surface area (Å²) in [5, 5.41) is 4.56. The fourth-order valence-electron chi connectivity index (χ4n) is 8.01. The van der Waals surface area contributed by atoms with E-state index >= 15 is 8.78 Å². The van der Waals surface area contributed by atoms with Crippen LogP contribution in [-0.2, 0) is 15.1 Å². The minimum Gasteiger partial charge on any atom is -0.335 e. The molecule has 13 heteroatoms. The predicted molar refractivity (Wildman–Crippen MR) is 189 cm³/mol. The molecule has 4 aliphatic heterocycles. The van der Waals surface area contributed by atoms with Crippen LogP contribution in [-0.4, -0.2) is 80.1 Å². The summed E-state index contributed by atoms with van der Waals surface area (Å²) in [5.41, 5.74) is 1.09. The summed E-state index contributed by atoms with van der Waals surface area (Å²) in [6.45, 7) is 11.3. The smallest absolute Gasteiger partial charge is 0.263 e. The molecule has 0 unspecified atom stereocenters. The molecule has 5 atom stereocenters. The normalized spacial score (nSPS) is 29.0. The number of rotatable bonds is 7. The van der Waals surface area contributed by atoms with Gasteiger partial charge in [0.05, 0.1) is 17.6 Å².